The third-order valence-electron chi connectivity index (χ3n) is 5.24. The van der Waals surface area contributed by atoms with E-state index in [1.165, 1.54) is 7.11 Å². The number of nitrogens with one attached hydrogen (secondary N) is 1. The summed E-state index contributed by atoms with van der Waals surface area (Å²) in [6.45, 7) is 0.860. The van der Waals surface area contributed by atoms with Gasteiger partial charge in [0, 0.05) is 13.0 Å². The van der Waals surface area contributed by atoms with Crippen LogP contribution in [-0.4, -0.2) is 49.6 Å². The van der Waals surface area contributed by atoms with Crippen LogP contribution in [0.2, 0.25) is 0 Å². The zero-order chi connectivity index (χ0) is 19.7. The Kier molecular flexibility index (Phi) is 4.58. The maximum atomic E-state index is 12.8. The second kappa shape index (κ2) is 7.07. The molecule has 0 aliphatic carbocycles. The van der Waals surface area contributed by atoms with Crippen molar-refractivity contribution in [2.24, 2.45) is 0 Å². The lowest BCUT2D eigenvalue weighted by atomic mass is 9.89. The number of urea groups is 1. The number of likely N-dealkylation sites (tertiary alicyclic amines) is 1. The molecule has 2 aromatic rings. The van der Waals surface area contributed by atoms with Crippen molar-refractivity contribution in [1.29, 1.82) is 0 Å². The molecule has 4 rings (SSSR count). The van der Waals surface area contributed by atoms with Crippen molar-refractivity contribution in [3.05, 3.63) is 48.0 Å². The standard InChI is InChI=1S/C21H22N2O5/c1-26-18-9-5-7-15(19(18)27-2)22-20(25)23-11-10-21(13-23)12-16(24)14-6-3-4-8-17(14)28-21/h3-9H,10-13H2,1-2H3,(H,22,25). The van der Waals surface area contributed by atoms with Crippen molar-refractivity contribution in [3.63, 3.8) is 0 Å². The maximum Gasteiger partial charge on any atom is 0.322 e. The highest BCUT2D eigenvalue weighted by Crippen LogP contribution is 2.39. The number of para-hydroxylation sites is 2. The van der Waals surface area contributed by atoms with Gasteiger partial charge in [-0.25, -0.2) is 4.79 Å². The van der Waals surface area contributed by atoms with E-state index >= 15 is 0 Å². The number of rotatable bonds is 3. The third-order valence-corrected chi connectivity index (χ3v) is 5.24. The number of carbonyl (C=O) groups is 2. The molecule has 2 aliphatic heterocycles. The molecule has 1 saturated heterocycles. The van der Waals surface area contributed by atoms with Crippen molar-refractivity contribution in [2.45, 2.75) is 18.4 Å². The van der Waals surface area contributed by atoms with Crippen LogP contribution in [0, 0.1) is 0 Å². The molecule has 1 atom stereocenters. The van der Waals surface area contributed by atoms with Gasteiger partial charge in [-0.1, -0.05) is 18.2 Å². The minimum atomic E-state index is -0.665. The van der Waals surface area contributed by atoms with Gasteiger partial charge < -0.3 is 24.4 Å². The molecule has 1 spiro atoms. The van der Waals surface area contributed by atoms with Crippen molar-refractivity contribution in [2.75, 3.05) is 32.6 Å². The Bertz CT molecular complexity index is 929. The summed E-state index contributed by atoms with van der Waals surface area (Å²) in [6.07, 6.45) is 0.881. The summed E-state index contributed by atoms with van der Waals surface area (Å²) >= 11 is 0. The molecule has 146 valence electrons. The minimum Gasteiger partial charge on any atom is -0.493 e. The van der Waals surface area contributed by atoms with Crippen LogP contribution in [0.25, 0.3) is 0 Å². The Balaban J connectivity index is 1.50. The van der Waals surface area contributed by atoms with Gasteiger partial charge in [-0.15, -0.1) is 0 Å². The number of ketones is 1. The molecule has 0 aromatic heterocycles. The van der Waals surface area contributed by atoms with Crippen molar-refractivity contribution in [1.82, 2.24) is 4.90 Å². The van der Waals surface area contributed by atoms with Crippen molar-refractivity contribution >= 4 is 17.5 Å². The van der Waals surface area contributed by atoms with E-state index in [0.717, 1.165) is 0 Å². The van der Waals surface area contributed by atoms with Crippen molar-refractivity contribution < 1.29 is 23.8 Å². The fourth-order valence-electron chi connectivity index (χ4n) is 3.87. The summed E-state index contributed by atoms with van der Waals surface area (Å²) in [5.41, 5.74) is 0.470. The number of hydrogen-bond acceptors (Lipinski definition) is 5. The van der Waals surface area contributed by atoms with E-state index in [4.69, 9.17) is 14.2 Å². The first-order valence-electron chi connectivity index (χ1n) is 9.13. The lowest BCUT2D eigenvalue weighted by Gasteiger charge is -2.34. The van der Waals surface area contributed by atoms with Crippen LogP contribution >= 0.6 is 0 Å². The molecule has 7 nitrogen and oxygen atoms in total. The number of anilines is 1. The van der Waals surface area contributed by atoms with Crippen LogP contribution in [0.4, 0.5) is 10.5 Å². The number of ether oxygens (including phenoxy) is 3. The number of carbonyl (C=O) groups excluding carboxylic acids is 2. The summed E-state index contributed by atoms with van der Waals surface area (Å²) in [6, 6.07) is 12.3. The fourth-order valence-corrected chi connectivity index (χ4v) is 3.87. The highest BCUT2D eigenvalue weighted by molar-refractivity contribution is 6.00. The van der Waals surface area contributed by atoms with Gasteiger partial charge in [0.25, 0.3) is 0 Å². The van der Waals surface area contributed by atoms with Crippen LogP contribution in [0.15, 0.2) is 42.5 Å². The quantitative estimate of drug-likeness (QED) is 0.881. The van der Waals surface area contributed by atoms with Gasteiger partial charge in [0.05, 0.1) is 38.4 Å². The molecule has 2 amide bonds. The number of methoxy groups -OCH3 is 2. The molecular weight excluding hydrogens is 360 g/mol. The van der Waals surface area contributed by atoms with E-state index in [9.17, 15) is 9.59 Å². The lowest BCUT2D eigenvalue weighted by molar-refractivity contribution is 0.0482. The summed E-state index contributed by atoms with van der Waals surface area (Å²) < 4.78 is 16.8. The van der Waals surface area contributed by atoms with Gasteiger partial charge in [-0.3, -0.25) is 4.79 Å². The average molecular weight is 382 g/mol. The molecular formula is C21H22N2O5. The van der Waals surface area contributed by atoms with E-state index < -0.39 is 5.60 Å². The summed E-state index contributed by atoms with van der Waals surface area (Å²) in [7, 11) is 3.07. The van der Waals surface area contributed by atoms with E-state index in [-0.39, 0.29) is 18.2 Å². The molecule has 0 saturated carbocycles. The first kappa shape index (κ1) is 18.2. The molecule has 1 N–H and O–H groups in total. The van der Waals surface area contributed by atoms with Crippen LogP contribution in [0.5, 0.6) is 17.2 Å². The van der Waals surface area contributed by atoms with Crippen LogP contribution < -0.4 is 19.5 Å². The number of hydrogen-bond donors (Lipinski definition) is 1. The number of fused-ring (bicyclic) bond motifs is 1. The number of benzene rings is 2. The molecule has 0 radical (unpaired) electrons. The number of nitrogens with zero attached hydrogens (tertiary/aromatic N) is 1. The molecule has 1 fully saturated rings. The summed E-state index contributed by atoms with van der Waals surface area (Å²) in [4.78, 5) is 27.0. The monoisotopic (exact) mass is 382 g/mol. The first-order chi connectivity index (χ1) is 13.5. The van der Waals surface area contributed by atoms with Crippen LogP contribution in [0.1, 0.15) is 23.2 Å². The first-order valence-corrected chi connectivity index (χ1v) is 9.13. The minimum absolute atomic E-state index is 0.0542. The summed E-state index contributed by atoms with van der Waals surface area (Å²) in [5.74, 6) is 1.65. The zero-order valence-corrected chi connectivity index (χ0v) is 15.9. The predicted octanol–water partition coefficient (Wildman–Crippen LogP) is 3.35. The van der Waals surface area contributed by atoms with Gasteiger partial charge in [-0.05, 0) is 24.3 Å². The lowest BCUT2D eigenvalue weighted by Crippen LogP contribution is -2.46. The molecule has 28 heavy (non-hydrogen) atoms. The van der Waals surface area contributed by atoms with Gasteiger partial charge in [0.2, 0.25) is 0 Å². The molecule has 0 bridgehead atoms. The van der Waals surface area contributed by atoms with Crippen LogP contribution in [0.3, 0.4) is 0 Å². The van der Waals surface area contributed by atoms with Gasteiger partial charge >= 0.3 is 6.03 Å². The molecule has 2 heterocycles. The van der Waals surface area contributed by atoms with Crippen molar-refractivity contribution in [3.8, 4) is 17.2 Å². The largest absolute Gasteiger partial charge is 0.493 e. The van der Waals surface area contributed by atoms with E-state index in [1.807, 2.05) is 12.1 Å². The topological polar surface area (TPSA) is 77.1 Å². The average Bonchev–Trinajstić information content (AvgIpc) is 3.10. The van der Waals surface area contributed by atoms with E-state index in [1.54, 1.807) is 42.3 Å². The Morgan fingerprint density at radius 2 is 1.96 bits per heavy atom. The Morgan fingerprint density at radius 1 is 1.14 bits per heavy atom. The predicted molar refractivity (Wildman–Crippen MR) is 104 cm³/mol. The highest BCUT2D eigenvalue weighted by Gasteiger charge is 2.47. The number of amides is 2. The Labute approximate surface area is 163 Å². The maximum absolute atomic E-state index is 12.8. The smallest absolute Gasteiger partial charge is 0.322 e. The fraction of sp³-hybridized carbons (Fsp3) is 0.333. The molecule has 7 heteroatoms. The van der Waals surface area contributed by atoms with Crippen LogP contribution in [-0.2, 0) is 0 Å². The highest BCUT2D eigenvalue weighted by atomic mass is 16.5. The Morgan fingerprint density at radius 3 is 2.75 bits per heavy atom. The zero-order valence-electron chi connectivity index (χ0n) is 15.9. The molecule has 1 unspecified atom stereocenters. The second-order valence-corrected chi connectivity index (χ2v) is 7.02. The van der Waals surface area contributed by atoms with Gasteiger partial charge in [0.1, 0.15) is 11.4 Å². The Hall–Kier alpha value is -3.22. The summed E-state index contributed by atoms with van der Waals surface area (Å²) in [5, 5.41) is 2.87. The van der Waals surface area contributed by atoms with Gasteiger partial charge in [0.15, 0.2) is 17.3 Å². The number of Topliss-reactive ketones (excluding diaryl/α,β-unsaturated/α-hetero) is 1. The normalized spacial score (nSPS) is 20.5. The van der Waals surface area contributed by atoms with E-state index in [0.29, 0.717) is 48.0 Å². The van der Waals surface area contributed by atoms with Gasteiger partial charge in [-0.2, -0.15) is 0 Å². The SMILES string of the molecule is COc1cccc(NC(=O)N2CCC3(CC(=O)c4ccccc4O3)C2)c1OC. The van der Waals surface area contributed by atoms with E-state index in [2.05, 4.69) is 5.32 Å². The molecule has 2 aromatic carbocycles. The second-order valence-electron chi connectivity index (χ2n) is 7.02. The molecule has 2 aliphatic rings. The third kappa shape index (κ3) is 3.13.